The van der Waals surface area contributed by atoms with Gasteiger partial charge in [-0.1, -0.05) is 44.7 Å². The van der Waals surface area contributed by atoms with Gasteiger partial charge in [-0.05, 0) is 37.0 Å². The summed E-state index contributed by atoms with van der Waals surface area (Å²) < 4.78 is 0. The smallest absolute Gasteiger partial charge is 0.252 e. The van der Waals surface area contributed by atoms with E-state index in [0.29, 0.717) is 31.5 Å². The molecule has 1 aliphatic carbocycles. The Morgan fingerprint density at radius 1 is 1.12 bits per heavy atom. The number of rotatable bonds is 7. The Kier molecular flexibility index (Phi) is 6.79. The average Bonchev–Trinajstić information content (AvgIpc) is 2.62. The maximum absolute atomic E-state index is 12.7. The second kappa shape index (κ2) is 8.83. The van der Waals surface area contributed by atoms with Gasteiger partial charge in [-0.15, -0.1) is 0 Å². The van der Waals surface area contributed by atoms with Gasteiger partial charge in [0.1, 0.15) is 5.54 Å². The molecule has 0 atom stereocenters. The molecule has 1 aliphatic rings. The number of benzene rings is 1. The van der Waals surface area contributed by atoms with Crippen molar-refractivity contribution < 1.29 is 9.59 Å². The van der Waals surface area contributed by atoms with Crippen molar-refractivity contribution in [1.82, 2.24) is 10.6 Å². The van der Waals surface area contributed by atoms with E-state index < -0.39 is 5.54 Å². The molecule has 0 aliphatic heterocycles. The Bertz CT molecular complexity index is 548. The number of nitrogens with two attached hydrogens (primary N) is 1. The third kappa shape index (κ3) is 4.57. The van der Waals surface area contributed by atoms with E-state index in [-0.39, 0.29) is 11.8 Å². The van der Waals surface area contributed by atoms with Crippen LogP contribution in [0.4, 0.5) is 0 Å². The molecule has 2 amide bonds. The second-order valence-electron chi connectivity index (χ2n) is 6.61. The molecule has 0 saturated heterocycles. The Labute approximate surface area is 144 Å². The summed E-state index contributed by atoms with van der Waals surface area (Å²) in [4.78, 5) is 25.3. The van der Waals surface area contributed by atoms with Gasteiger partial charge >= 0.3 is 0 Å². The summed E-state index contributed by atoms with van der Waals surface area (Å²) >= 11 is 0. The first-order valence-corrected chi connectivity index (χ1v) is 9.01. The first-order valence-electron chi connectivity index (χ1n) is 9.01. The molecule has 1 aromatic carbocycles. The normalized spacial score (nSPS) is 16.4. The zero-order valence-electron chi connectivity index (χ0n) is 14.6. The van der Waals surface area contributed by atoms with E-state index in [1.54, 1.807) is 12.1 Å². The van der Waals surface area contributed by atoms with Gasteiger partial charge in [0.25, 0.3) is 5.91 Å². The van der Waals surface area contributed by atoms with Crippen molar-refractivity contribution in [1.29, 1.82) is 0 Å². The fourth-order valence-corrected chi connectivity index (χ4v) is 3.19. The highest BCUT2D eigenvalue weighted by Crippen LogP contribution is 2.29. The fourth-order valence-electron chi connectivity index (χ4n) is 3.19. The molecule has 24 heavy (non-hydrogen) atoms. The topological polar surface area (TPSA) is 84.2 Å². The summed E-state index contributed by atoms with van der Waals surface area (Å²) in [7, 11) is 0. The minimum absolute atomic E-state index is 0.0393. The second-order valence-corrected chi connectivity index (χ2v) is 6.61. The first-order chi connectivity index (χ1) is 11.6. The van der Waals surface area contributed by atoms with Gasteiger partial charge in [0.05, 0.1) is 0 Å². The minimum Gasteiger partial charge on any atom is -0.354 e. The highest BCUT2D eigenvalue weighted by Gasteiger charge is 2.40. The van der Waals surface area contributed by atoms with Crippen LogP contribution in [0.3, 0.4) is 0 Å². The molecular weight excluding hydrogens is 302 g/mol. The van der Waals surface area contributed by atoms with Crippen molar-refractivity contribution in [2.75, 3.05) is 6.54 Å². The highest BCUT2D eigenvalue weighted by atomic mass is 16.2. The molecule has 1 aromatic rings. The predicted molar refractivity (Wildman–Crippen MR) is 95.5 cm³/mol. The van der Waals surface area contributed by atoms with Crippen molar-refractivity contribution in [3.05, 3.63) is 35.4 Å². The zero-order valence-corrected chi connectivity index (χ0v) is 14.6. The molecule has 0 bridgehead atoms. The average molecular weight is 331 g/mol. The SMILES string of the molecule is CCCCNC(=O)C1(NC(=O)c2ccc(CN)cc2)CCCCC1. The lowest BCUT2D eigenvalue weighted by molar-refractivity contribution is -0.128. The van der Waals surface area contributed by atoms with E-state index in [1.807, 2.05) is 12.1 Å². The molecule has 0 aromatic heterocycles. The van der Waals surface area contributed by atoms with Crippen LogP contribution >= 0.6 is 0 Å². The van der Waals surface area contributed by atoms with Crippen molar-refractivity contribution >= 4 is 11.8 Å². The lowest BCUT2D eigenvalue weighted by Crippen LogP contribution is -2.59. The van der Waals surface area contributed by atoms with Gasteiger partial charge in [0, 0.05) is 18.7 Å². The number of amides is 2. The standard InChI is InChI=1S/C19H29N3O2/c1-2-3-13-21-18(24)19(11-5-4-6-12-19)22-17(23)16-9-7-15(14-20)8-10-16/h7-10H,2-6,11-14,20H2,1H3,(H,21,24)(H,22,23). The van der Waals surface area contributed by atoms with E-state index in [2.05, 4.69) is 17.6 Å². The van der Waals surface area contributed by atoms with E-state index in [9.17, 15) is 9.59 Å². The minimum atomic E-state index is -0.768. The number of carbonyl (C=O) groups excluding carboxylic acids is 2. The van der Waals surface area contributed by atoms with Crippen LogP contribution in [0, 0.1) is 0 Å². The molecule has 4 N–H and O–H groups in total. The first kappa shape index (κ1) is 18.5. The van der Waals surface area contributed by atoms with Crippen molar-refractivity contribution in [3.8, 4) is 0 Å². The molecule has 2 rings (SSSR count). The molecule has 1 saturated carbocycles. The number of hydrogen-bond acceptors (Lipinski definition) is 3. The highest BCUT2D eigenvalue weighted by molar-refractivity contribution is 5.99. The van der Waals surface area contributed by atoms with E-state index in [4.69, 9.17) is 5.73 Å². The van der Waals surface area contributed by atoms with Gasteiger partial charge in [-0.3, -0.25) is 9.59 Å². The zero-order chi connectivity index (χ0) is 17.4. The van der Waals surface area contributed by atoms with E-state index >= 15 is 0 Å². The van der Waals surface area contributed by atoms with E-state index in [0.717, 1.165) is 37.7 Å². The molecule has 0 unspecified atom stereocenters. The van der Waals surface area contributed by atoms with Gasteiger partial charge < -0.3 is 16.4 Å². The lowest BCUT2D eigenvalue weighted by Gasteiger charge is -2.36. The van der Waals surface area contributed by atoms with Gasteiger partial charge in [0.15, 0.2) is 0 Å². The summed E-state index contributed by atoms with van der Waals surface area (Å²) in [6.07, 6.45) is 6.45. The van der Waals surface area contributed by atoms with Gasteiger partial charge in [-0.25, -0.2) is 0 Å². The Morgan fingerprint density at radius 3 is 2.38 bits per heavy atom. The monoisotopic (exact) mass is 331 g/mol. The van der Waals surface area contributed by atoms with Crippen LogP contribution in [-0.4, -0.2) is 23.9 Å². The largest absolute Gasteiger partial charge is 0.354 e. The third-order valence-electron chi connectivity index (χ3n) is 4.76. The van der Waals surface area contributed by atoms with Gasteiger partial charge in [0.2, 0.25) is 5.91 Å². The summed E-state index contributed by atoms with van der Waals surface area (Å²) in [6, 6.07) is 7.24. The molecule has 0 spiro atoms. The van der Waals surface area contributed by atoms with Crippen LogP contribution in [0.5, 0.6) is 0 Å². The van der Waals surface area contributed by atoms with Crippen LogP contribution in [0.1, 0.15) is 67.8 Å². The van der Waals surface area contributed by atoms with Crippen molar-refractivity contribution in [2.24, 2.45) is 5.73 Å². The lowest BCUT2D eigenvalue weighted by atomic mass is 9.80. The number of nitrogens with one attached hydrogen (secondary N) is 2. The summed E-state index contributed by atoms with van der Waals surface area (Å²) in [5, 5.41) is 6.03. The summed E-state index contributed by atoms with van der Waals surface area (Å²) in [5.41, 5.74) is 6.37. The Morgan fingerprint density at radius 2 is 1.79 bits per heavy atom. The predicted octanol–water partition coefficient (Wildman–Crippen LogP) is 2.49. The summed E-state index contributed by atoms with van der Waals surface area (Å²) in [6.45, 7) is 3.21. The molecule has 0 heterocycles. The Hall–Kier alpha value is -1.88. The molecule has 0 radical (unpaired) electrons. The van der Waals surface area contributed by atoms with Gasteiger partial charge in [-0.2, -0.15) is 0 Å². The molecule has 1 fully saturated rings. The van der Waals surface area contributed by atoms with Crippen molar-refractivity contribution in [2.45, 2.75) is 64.0 Å². The van der Waals surface area contributed by atoms with Crippen LogP contribution in [0.25, 0.3) is 0 Å². The fraction of sp³-hybridized carbons (Fsp3) is 0.579. The van der Waals surface area contributed by atoms with Crippen LogP contribution in [0.2, 0.25) is 0 Å². The molecule has 5 heteroatoms. The molecular formula is C19H29N3O2. The van der Waals surface area contributed by atoms with Crippen molar-refractivity contribution in [3.63, 3.8) is 0 Å². The number of carbonyl (C=O) groups is 2. The molecule has 5 nitrogen and oxygen atoms in total. The maximum atomic E-state index is 12.7. The Balaban J connectivity index is 2.09. The quantitative estimate of drug-likeness (QED) is 0.671. The van der Waals surface area contributed by atoms with Crippen LogP contribution < -0.4 is 16.4 Å². The van der Waals surface area contributed by atoms with E-state index in [1.165, 1.54) is 0 Å². The third-order valence-corrected chi connectivity index (χ3v) is 4.76. The summed E-state index contributed by atoms with van der Waals surface area (Å²) in [5.74, 6) is -0.228. The number of unbranched alkanes of at least 4 members (excludes halogenated alkanes) is 1. The number of hydrogen-bond donors (Lipinski definition) is 3. The van der Waals surface area contributed by atoms with Crippen LogP contribution in [0.15, 0.2) is 24.3 Å². The maximum Gasteiger partial charge on any atom is 0.252 e. The van der Waals surface area contributed by atoms with Crippen LogP contribution in [-0.2, 0) is 11.3 Å². The molecule has 132 valence electrons.